The Kier molecular flexibility index (Phi) is 3.86. The number of hydrogen-bond donors (Lipinski definition) is 1. The van der Waals surface area contributed by atoms with Crippen LogP contribution in [0.15, 0.2) is 30.3 Å². The number of alkyl halides is 2. The summed E-state index contributed by atoms with van der Waals surface area (Å²) in [6, 6.07) is 9.14. The number of carbonyl (C=O) groups excluding carboxylic acids is 2. The van der Waals surface area contributed by atoms with Crippen molar-refractivity contribution < 1.29 is 14.3 Å². The van der Waals surface area contributed by atoms with Crippen LogP contribution in [-0.2, 0) is 14.3 Å². The second kappa shape index (κ2) is 5.43. The van der Waals surface area contributed by atoms with Gasteiger partial charge in [0.05, 0.1) is 0 Å². The third-order valence-corrected chi connectivity index (χ3v) is 5.30. The van der Waals surface area contributed by atoms with E-state index in [1.807, 2.05) is 6.07 Å². The van der Waals surface area contributed by atoms with Gasteiger partial charge in [-0.25, -0.2) is 0 Å². The Balaban J connectivity index is 1.77. The minimum atomic E-state index is -1.11. The molecule has 0 spiro atoms. The largest absolute Gasteiger partial charge is 0.447 e. The van der Waals surface area contributed by atoms with Crippen LogP contribution in [0.4, 0.5) is 0 Å². The van der Waals surface area contributed by atoms with Gasteiger partial charge in [0.1, 0.15) is 9.75 Å². The lowest BCUT2D eigenvalue weighted by atomic mass is 10.1. The van der Waals surface area contributed by atoms with E-state index in [-0.39, 0.29) is 11.9 Å². The van der Waals surface area contributed by atoms with Crippen LogP contribution in [-0.4, -0.2) is 22.3 Å². The van der Waals surface area contributed by atoms with Gasteiger partial charge in [-0.1, -0.05) is 30.3 Å². The first-order valence-electron chi connectivity index (χ1n) is 7.28. The molecule has 118 valence electrons. The van der Waals surface area contributed by atoms with E-state index in [0.29, 0.717) is 12.0 Å². The minimum absolute atomic E-state index is 0.189. The summed E-state index contributed by atoms with van der Waals surface area (Å²) in [6.45, 7) is 1.65. The van der Waals surface area contributed by atoms with Crippen molar-refractivity contribution in [2.24, 2.45) is 5.41 Å². The second-order valence-corrected chi connectivity index (χ2v) is 7.68. The number of carbonyl (C=O) groups is 2. The average molecular weight is 342 g/mol. The normalized spacial score (nSPS) is 26.9. The Hall–Kier alpha value is -1.26. The van der Waals surface area contributed by atoms with Crippen molar-refractivity contribution >= 4 is 35.1 Å². The van der Waals surface area contributed by atoms with Gasteiger partial charge in [-0.15, -0.1) is 23.2 Å². The average Bonchev–Trinajstić information content (AvgIpc) is 3.36. The van der Waals surface area contributed by atoms with Crippen LogP contribution in [0.5, 0.6) is 0 Å². The zero-order chi connectivity index (χ0) is 16.0. The molecule has 2 fully saturated rings. The van der Waals surface area contributed by atoms with Gasteiger partial charge in [-0.2, -0.15) is 0 Å². The summed E-state index contributed by atoms with van der Waals surface area (Å²) in [5, 5.41) is 2.87. The van der Waals surface area contributed by atoms with E-state index in [2.05, 4.69) is 5.32 Å². The van der Waals surface area contributed by atoms with E-state index in [1.54, 1.807) is 31.2 Å². The molecule has 22 heavy (non-hydrogen) atoms. The van der Waals surface area contributed by atoms with Crippen LogP contribution in [0, 0.1) is 5.41 Å². The van der Waals surface area contributed by atoms with E-state index in [9.17, 15) is 9.59 Å². The number of hydrogen-bond acceptors (Lipinski definition) is 3. The molecule has 2 atom stereocenters. The van der Waals surface area contributed by atoms with Crippen LogP contribution in [0.2, 0.25) is 0 Å². The molecule has 2 saturated carbocycles. The van der Waals surface area contributed by atoms with Crippen molar-refractivity contribution in [3.05, 3.63) is 35.9 Å². The molecule has 4 nitrogen and oxygen atoms in total. The molecule has 0 radical (unpaired) electrons. The topological polar surface area (TPSA) is 55.4 Å². The van der Waals surface area contributed by atoms with Crippen molar-refractivity contribution in [2.45, 2.75) is 42.7 Å². The molecule has 1 aromatic rings. The number of ether oxygens (including phenoxy) is 1. The van der Waals surface area contributed by atoms with Gasteiger partial charge in [0.15, 0.2) is 0 Å². The summed E-state index contributed by atoms with van der Waals surface area (Å²) >= 11 is 12.0. The summed E-state index contributed by atoms with van der Waals surface area (Å²) < 4.78 is 4.36. The molecule has 1 N–H and O–H groups in total. The van der Waals surface area contributed by atoms with Gasteiger partial charge in [0, 0.05) is 18.0 Å². The quantitative estimate of drug-likeness (QED) is 0.661. The van der Waals surface area contributed by atoms with Crippen molar-refractivity contribution in [3.63, 3.8) is 0 Å². The van der Waals surface area contributed by atoms with Crippen LogP contribution < -0.4 is 5.32 Å². The first-order valence-corrected chi connectivity index (χ1v) is 8.03. The number of nitrogens with one attached hydrogen (secondary N) is 1. The maximum absolute atomic E-state index is 12.4. The van der Waals surface area contributed by atoms with E-state index >= 15 is 0 Å². The smallest absolute Gasteiger partial charge is 0.316 e. The fraction of sp³-hybridized carbons (Fsp3) is 0.500. The molecule has 0 aromatic heterocycles. The lowest BCUT2D eigenvalue weighted by Crippen LogP contribution is -2.35. The first kappa shape index (κ1) is 15.6. The number of esters is 1. The number of halogens is 2. The molecule has 3 rings (SSSR count). The lowest BCUT2D eigenvalue weighted by Gasteiger charge is -2.20. The third-order valence-electron chi connectivity index (χ3n) is 4.20. The molecular weight excluding hydrogens is 325 g/mol. The highest BCUT2D eigenvalue weighted by Gasteiger charge is 2.69. The SMILES string of the molecule is C[C@]1(C(=O)O[C@@H](C(=O)NC2CC2)c2ccccc2)CC1(Cl)Cl. The predicted octanol–water partition coefficient (Wildman–Crippen LogP) is 3.13. The number of benzene rings is 1. The molecule has 2 aliphatic rings. The molecule has 0 unspecified atom stereocenters. The Labute approximate surface area is 139 Å². The zero-order valence-electron chi connectivity index (χ0n) is 12.1. The van der Waals surface area contributed by atoms with Gasteiger partial charge in [-0.05, 0) is 19.8 Å². The summed E-state index contributed by atoms with van der Waals surface area (Å²) in [6.07, 6.45) is 1.28. The van der Waals surface area contributed by atoms with Crippen molar-refractivity contribution in [1.29, 1.82) is 0 Å². The van der Waals surface area contributed by atoms with Crippen molar-refractivity contribution in [1.82, 2.24) is 5.32 Å². The highest BCUT2D eigenvalue weighted by Crippen LogP contribution is 2.64. The standard InChI is InChI=1S/C16H17Cl2NO3/c1-15(9-16(15,17)18)14(21)22-12(10-5-3-2-4-6-10)13(20)19-11-7-8-11/h2-6,11-12H,7-9H2,1H3,(H,19,20)/t12-,15-/m1/s1. The Morgan fingerprint density at radius 2 is 1.86 bits per heavy atom. The Morgan fingerprint density at radius 3 is 2.36 bits per heavy atom. The summed E-state index contributed by atoms with van der Waals surface area (Å²) in [5.41, 5.74) is -0.323. The Bertz CT molecular complexity index is 601. The minimum Gasteiger partial charge on any atom is -0.447 e. The maximum atomic E-state index is 12.4. The van der Waals surface area contributed by atoms with Gasteiger partial charge in [-0.3, -0.25) is 9.59 Å². The molecule has 0 aliphatic heterocycles. The monoisotopic (exact) mass is 341 g/mol. The number of rotatable bonds is 5. The first-order chi connectivity index (χ1) is 10.3. The van der Waals surface area contributed by atoms with Crippen molar-refractivity contribution in [3.8, 4) is 0 Å². The van der Waals surface area contributed by atoms with Crippen LogP contribution in [0.3, 0.4) is 0 Å². The van der Waals surface area contributed by atoms with Gasteiger partial charge in [0.25, 0.3) is 5.91 Å². The number of amides is 1. The highest BCUT2D eigenvalue weighted by molar-refractivity contribution is 6.53. The maximum Gasteiger partial charge on any atom is 0.316 e. The van der Waals surface area contributed by atoms with Crippen LogP contribution in [0.1, 0.15) is 37.9 Å². The molecule has 0 bridgehead atoms. The van der Waals surface area contributed by atoms with E-state index < -0.39 is 21.8 Å². The molecule has 1 amide bonds. The van der Waals surface area contributed by atoms with Crippen LogP contribution in [0.25, 0.3) is 0 Å². The Morgan fingerprint density at radius 1 is 1.27 bits per heavy atom. The second-order valence-electron chi connectivity index (χ2n) is 6.19. The highest BCUT2D eigenvalue weighted by atomic mass is 35.5. The summed E-state index contributed by atoms with van der Waals surface area (Å²) in [7, 11) is 0. The summed E-state index contributed by atoms with van der Waals surface area (Å²) in [5.74, 6) is -0.849. The van der Waals surface area contributed by atoms with Gasteiger partial charge in [0.2, 0.25) is 6.10 Å². The fourth-order valence-corrected chi connectivity index (χ4v) is 2.95. The zero-order valence-corrected chi connectivity index (χ0v) is 13.7. The molecule has 6 heteroatoms. The van der Waals surface area contributed by atoms with E-state index in [4.69, 9.17) is 27.9 Å². The lowest BCUT2D eigenvalue weighted by molar-refractivity contribution is -0.161. The van der Waals surface area contributed by atoms with Gasteiger partial charge < -0.3 is 10.1 Å². The third kappa shape index (κ3) is 2.95. The van der Waals surface area contributed by atoms with E-state index in [1.165, 1.54) is 0 Å². The molecule has 0 heterocycles. The van der Waals surface area contributed by atoms with Crippen molar-refractivity contribution in [2.75, 3.05) is 0 Å². The predicted molar refractivity (Wildman–Crippen MR) is 83.6 cm³/mol. The van der Waals surface area contributed by atoms with Crippen LogP contribution >= 0.6 is 23.2 Å². The molecular formula is C16H17Cl2NO3. The van der Waals surface area contributed by atoms with E-state index in [0.717, 1.165) is 12.8 Å². The molecule has 2 aliphatic carbocycles. The fourth-order valence-electron chi connectivity index (χ4n) is 2.26. The summed E-state index contributed by atoms with van der Waals surface area (Å²) in [4.78, 5) is 24.7. The molecule has 1 aromatic carbocycles. The van der Waals surface area contributed by atoms with Gasteiger partial charge >= 0.3 is 5.97 Å². The molecule has 0 saturated heterocycles.